The molecule has 134 valence electrons. The van der Waals surface area contributed by atoms with Crippen LogP contribution in [-0.4, -0.2) is 33.2 Å². The third kappa shape index (κ3) is 3.42. The van der Waals surface area contributed by atoms with Crippen LogP contribution in [0, 0.1) is 20.8 Å². The first kappa shape index (κ1) is 17.6. The number of fused-ring (bicyclic) bond motifs is 1. The summed E-state index contributed by atoms with van der Waals surface area (Å²) in [6.45, 7) is 5.10. The molecular weight excluding hydrogens is 332 g/mol. The second kappa shape index (κ2) is 6.95. The van der Waals surface area contributed by atoms with E-state index in [4.69, 9.17) is 4.74 Å². The Morgan fingerprint density at radius 1 is 1.19 bits per heavy atom. The summed E-state index contributed by atoms with van der Waals surface area (Å²) in [5.74, 6) is -0.964. The normalized spacial score (nSPS) is 10.8. The number of rotatable bonds is 4. The van der Waals surface area contributed by atoms with Gasteiger partial charge in [0.15, 0.2) is 6.61 Å². The molecule has 2 heterocycles. The van der Waals surface area contributed by atoms with E-state index in [0.29, 0.717) is 33.5 Å². The molecular formula is C19H20N4O3. The van der Waals surface area contributed by atoms with E-state index in [2.05, 4.69) is 15.4 Å². The average molecular weight is 352 g/mol. The van der Waals surface area contributed by atoms with Crippen LogP contribution in [0.15, 0.2) is 30.3 Å². The van der Waals surface area contributed by atoms with E-state index in [0.717, 1.165) is 5.69 Å². The largest absolute Gasteiger partial charge is 0.452 e. The molecule has 0 aliphatic rings. The van der Waals surface area contributed by atoms with Gasteiger partial charge in [-0.3, -0.25) is 14.5 Å². The lowest BCUT2D eigenvalue weighted by Crippen LogP contribution is -2.21. The molecule has 1 amide bonds. The maximum Gasteiger partial charge on any atom is 0.339 e. The Morgan fingerprint density at radius 3 is 2.62 bits per heavy atom. The van der Waals surface area contributed by atoms with Crippen molar-refractivity contribution in [3.63, 3.8) is 0 Å². The highest BCUT2D eigenvalue weighted by atomic mass is 16.5. The summed E-state index contributed by atoms with van der Waals surface area (Å²) >= 11 is 0. The second-order valence-electron chi connectivity index (χ2n) is 6.12. The van der Waals surface area contributed by atoms with Crippen LogP contribution in [0.4, 0.5) is 5.69 Å². The lowest BCUT2D eigenvalue weighted by Gasteiger charge is -2.09. The molecule has 3 rings (SSSR count). The lowest BCUT2D eigenvalue weighted by molar-refractivity contribution is -0.119. The molecule has 0 unspecified atom stereocenters. The van der Waals surface area contributed by atoms with E-state index in [1.807, 2.05) is 32.0 Å². The molecule has 2 aromatic heterocycles. The number of nitrogens with zero attached hydrogens (tertiary/aromatic N) is 3. The van der Waals surface area contributed by atoms with Crippen LogP contribution in [0.5, 0.6) is 0 Å². The molecule has 0 atom stereocenters. The molecule has 26 heavy (non-hydrogen) atoms. The topological polar surface area (TPSA) is 86.1 Å². The Labute approximate surface area is 151 Å². The van der Waals surface area contributed by atoms with Crippen LogP contribution in [0.25, 0.3) is 10.9 Å². The summed E-state index contributed by atoms with van der Waals surface area (Å²) in [5.41, 5.74) is 4.00. The van der Waals surface area contributed by atoms with Gasteiger partial charge in [-0.1, -0.05) is 18.2 Å². The number of nitrogens with one attached hydrogen (secondary N) is 1. The zero-order chi connectivity index (χ0) is 18.8. The quantitative estimate of drug-likeness (QED) is 0.730. The molecule has 0 radical (unpaired) electrons. The van der Waals surface area contributed by atoms with E-state index in [1.165, 1.54) is 0 Å². The fourth-order valence-electron chi connectivity index (χ4n) is 2.82. The molecule has 7 nitrogen and oxygen atoms in total. The summed E-state index contributed by atoms with van der Waals surface area (Å²) in [4.78, 5) is 29.0. The van der Waals surface area contributed by atoms with E-state index >= 15 is 0 Å². The Hall–Kier alpha value is -3.22. The van der Waals surface area contributed by atoms with Gasteiger partial charge >= 0.3 is 5.97 Å². The minimum absolute atomic E-state index is 0.373. The Kier molecular flexibility index (Phi) is 4.71. The monoisotopic (exact) mass is 352 g/mol. The van der Waals surface area contributed by atoms with E-state index in [1.54, 1.807) is 30.8 Å². The van der Waals surface area contributed by atoms with Gasteiger partial charge in [0.1, 0.15) is 0 Å². The highest BCUT2D eigenvalue weighted by molar-refractivity contribution is 6.04. The van der Waals surface area contributed by atoms with Crippen molar-refractivity contribution >= 4 is 28.5 Å². The van der Waals surface area contributed by atoms with Crippen LogP contribution in [0.3, 0.4) is 0 Å². The summed E-state index contributed by atoms with van der Waals surface area (Å²) in [5, 5.41) is 7.68. The van der Waals surface area contributed by atoms with Gasteiger partial charge in [0, 0.05) is 18.1 Å². The predicted molar refractivity (Wildman–Crippen MR) is 98.1 cm³/mol. The lowest BCUT2D eigenvalue weighted by atomic mass is 10.1. The van der Waals surface area contributed by atoms with E-state index < -0.39 is 11.9 Å². The van der Waals surface area contributed by atoms with Crippen molar-refractivity contribution in [1.82, 2.24) is 14.8 Å². The van der Waals surface area contributed by atoms with Crippen LogP contribution in [0.2, 0.25) is 0 Å². The van der Waals surface area contributed by atoms with Gasteiger partial charge in [-0.15, -0.1) is 0 Å². The number of aryl methyl sites for hydroxylation is 3. The standard InChI is InChI=1S/C19H20N4O3/c1-11-9-15(14-7-5-6-8-16(14)20-11)19(25)26-10-17(24)21-18-12(2)22-23(4)13(18)3/h5-9H,10H2,1-4H3,(H,21,24). The SMILES string of the molecule is Cc1cc(C(=O)OCC(=O)Nc2c(C)nn(C)c2C)c2ccccc2n1. The molecule has 7 heteroatoms. The van der Waals surface area contributed by atoms with Crippen molar-refractivity contribution in [3.8, 4) is 0 Å². The van der Waals surface area contributed by atoms with Crippen molar-refractivity contribution in [1.29, 1.82) is 0 Å². The molecule has 0 bridgehead atoms. The summed E-state index contributed by atoms with van der Waals surface area (Å²) < 4.78 is 6.89. The van der Waals surface area contributed by atoms with Crippen molar-refractivity contribution in [2.75, 3.05) is 11.9 Å². The highest BCUT2D eigenvalue weighted by Crippen LogP contribution is 2.20. The fourth-order valence-corrected chi connectivity index (χ4v) is 2.82. The maximum atomic E-state index is 12.5. The van der Waals surface area contributed by atoms with Crippen molar-refractivity contribution in [2.24, 2.45) is 7.05 Å². The van der Waals surface area contributed by atoms with Gasteiger partial charge in [0.25, 0.3) is 5.91 Å². The first-order valence-electron chi connectivity index (χ1n) is 8.20. The van der Waals surface area contributed by atoms with E-state index in [9.17, 15) is 9.59 Å². The van der Waals surface area contributed by atoms with Crippen molar-refractivity contribution in [2.45, 2.75) is 20.8 Å². The molecule has 1 aromatic carbocycles. The van der Waals surface area contributed by atoms with Crippen molar-refractivity contribution < 1.29 is 14.3 Å². The third-order valence-electron chi connectivity index (χ3n) is 4.17. The number of ether oxygens (including phenoxy) is 1. The number of pyridine rings is 1. The number of aromatic nitrogens is 3. The van der Waals surface area contributed by atoms with Crippen LogP contribution in [0.1, 0.15) is 27.4 Å². The van der Waals surface area contributed by atoms with Gasteiger partial charge in [0.05, 0.1) is 28.2 Å². The molecule has 0 aliphatic heterocycles. The van der Waals surface area contributed by atoms with Gasteiger partial charge < -0.3 is 10.1 Å². The fraction of sp³-hybridized carbons (Fsp3) is 0.263. The van der Waals surface area contributed by atoms with Crippen LogP contribution in [-0.2, 0) is 16.6 Å². The molecule has 1 N–H and O–H groups in total. The summed E-state index contributed by atoms with van der Waals surface area (Å²) in [6, 6.07) is 8.99. The summed E-state index contributed by atoms with van der Waals surface area (Å²) in [7, 11) is 1.80. The number of esters is 1. The minimum atomic E-state index is -0.554. The maximum absolute atomic E-state index is 12.5. The number of amides is 1. The molecule has 0 spiro atoms. The molecule has 0 saturated carbocycles. The number of para-hydroxylation sites is 1. The Bertz CT molecular complexity index is 1010. The first-order chi connectivity index (χ1) is 12.4. The number of carbonyl (C=O) groups is 2. The highest BCUT2D eigenvalue weighted by Gasteiger charge is 2.17. The van der Waals surface area contributed by atoms with Gasteiger partial charge in [-0.05, 0) is 32.9 Å². The predicted octanol–water partition coefficient (Wildman–Crippen LogP) is 2.69. The zero-order valence-corrected chi connectivity index (χ0v) is 15.2. The van der Waals surface area contributed by atoms with Crippen molar-refractivity contribution in [3.05, 3.63) is 53.0 Å². The molecule has 0 saturated heterocycles. The smallest absolute Gasteiger partial charge is 0.339 e. The summed E-state index contributed by atoms with van der Waals surface area (Å²) in [6.07, 6.45) is 0. The molecule has 0 fully saturated rings. The Balaban J connectivity index is 1.72. The number of carbonyl (C=O) groups excluding carboxylic acids is 2. The molecule has 3 aromatic rings. The number of hydrogen-bond donors (Lipinski definition) is 1. The zero-order valence-electron chi connectivity index (χ0n) is 15.2. The average Bonchev–Trinajstić information content (AvgIpc) is 2.85. The number of benzene rings is 1. The Morgan fingerprint density at radius 2 is 1.92 bits per heavy atom. The van der Waals surface area contributed by atoms with Gasteiger partial charge in [-0.2, -0.15) is 5.10 Å². The number of hydrogen-bond acceptors (Lipinski definition) is 5. The van der Waals surface area contributed by atoms with Gasteiger partial charge in [-0.25, -0.2) is 4.79 Å². The second-order valence-corrected chi connectivity index (χ2v) is 6.12. The van der Waals surface area contributed by atoms with E-state index in [-0.39, 0.29) is 6.61 Å². The third-order valence-corrected chi connectivity index (χ3v) is 4.17. The van der Waals surface area contributed by atoms with Crippen LogP contribution >= 0.6 is 0 Å². The number of anilines is 1. The molecule has 0 aliphatic carbocycles. The first-order valence-corrected chi connectivity index (χ1v) is 8.20. The van der Waals surface area contributed by atoms with Gasteiger partial charge in [0.2, 0.25) is 0 Å². The minimum Gasteiger partial charge on any atom is -0.452 e. The van der Waals surface area contributed by atoms with Crippen LogP contribution < -0.4 is 5.32 Å².